The summed E-state index contributed by atoms with van der Waals surface area (Å²) in [6.45, 7) is 5.17. The Morgan fingerprint density at radius 1 is 1.04 bits per heavy atom. The molecule has 0 radical (unpaired) electrons. The number of hydrogen-bond donors (Lipinski definition) is 3. The van der Waals surface area contributed by atoms with Crippen molar-refractivity contribution in [1.29, 1.82) is 0 Å². The van der Waals surface area contributed by atoms with E-state index >= 15 is 0 Å². The molecule has 0 saturated carbocycles. The highest BCUT2D eigenvalue weighted by Gasteiger charge is 2.27. The zero-order valence-electron chi connectivity index (χ0n) is 16.7. The molecule has 1 aromatic rings. The minimum absolute atomic E-state index is 0.0332. The summed E-state index contributed by atoms with van der Waals surface area (Å²) < 4.78 is 0. The van der Waals surface area contributed by atoms with Crippen LogP contribution in [-0.4, -0.2) is 73.3 Å². The molecule has 1 heterocycles. The van der Waals surface area contributed by atoms with Crippen LogP contribution in [0.2, 0.25) is 0 Å². The van der Waals surface area contributed by atoms with Crippen molar-refractivity contribution in [2.75, 3.05) is 39.8 Å². The Morgan fingerprint density at radius 2 is 1.64 bits per heavy atom. The summed E-state index contributed by atoms with van der Waals surface area (Å²) in [7, 11) is 2.04. The number of hydrogen-bond acceptors (Lipinski definition) is 5. The molecule has 8 heteroatoms. The lowest BCUT2D eigenvalue weighted by atomic mass is 10.0. The first-order chi connectivity index (χ1) is 13.4. The van der Waals surface area contributed by atoms with Gasteiger partial charge in [0.2, 0.25) is 17.7 Å². The van der Waals surface area contributed by atoms with Gasteiger partial charge in [-0.3, -0.25) is 14.4 Å². The molecule has 0 aromatic heterocycles. The van der Waals surface area contributed by atoms with E-state index in [1.54, 1.807) is 6.92 Å². The Morgan fingerprint density at radius 3 is 2.21 bits per heavy atom. The molecule has 0 bridgehead atoms. The number of nitrogens with one attached hydrogen (secondary N) is 2. The molecule has 1 saturated heterocycles. The van der Waals surface area contributed by atoms with Crippen molar-refractivity contribution >= 4 is 17.7 Å². The zero-order chi connectivity index (χ0) is 20.5. The van der Waals surface area contributed by atoms with Crippen LogP contribution in [0.25, 0.3) is 0 Å². The van der Waals surface area contributed by atoms with Gasteiger partial charge in [0, 0.05) is 45.6 Å². The van der Waals surface area contributed by atoms with Crippen LogP contribution in [0, 0.1) is 0 Å². The minimum Gasteiger partial charge on any atom is -0.351 e. The predicted molar refractivity (Wildman–Crippen MR) is 107 cm³/mol. The lowest BCUT2D eigenvalue weighted by molar-refractivity contribution is -0.137. The van der Waals surface area contributed by atoms with Crippen molar-refractivity contribution in [1.82, 2.24) is 20.4 Å². The third-order valence-electron chi connectivity index (χ3n) is 4.91. The van der Waals surface area contributed by atoms with Gasteiger partial charge >= 0.3 is 0 Å². The number of carbonyl (C=O) groups excluding carboxylic acids is 3. The molecule has 1 aliphatic heterocycles. The Hall–Kier alpha value is -2.45. The van der Waals surface area contributed by atoms with Gasteiger partial charge in [0.05, 0.1) is 6.54 Å². The number of nitrogens with zero attached hydrogens (tertiary/aromatic N) is 2. The van der Waals surface area contributed by atoms with E-state index in [1.165, 1.54) is 0 Å². The summed E-state index contributed by atoms with van der Waals surface area (Å²) in [4.78, 5) is 40.2. The van der Waals surface area contributed by atoms with Crippen LogP contribution in [0.5, 0.6) is 0 Å². The smallest absolute Gasteiger partial charge is 0.245 e. The molecule has 4 N–H and O–H groups in total. The molecule has 1 aromatic carbocycles. The number of rotatable bonds is 8. The summed E-state index contributed by atoms with van der Waals surface area (Å²) in [5.74, 6) is -0.369. The van der Waals surface area contributed by atoms with Crippen molar-refractivity contribution in [3.63, 3.8) is 0 Å². The standard InChI is InChI=1S/C20H31N5O3/c1-3-18(26)23-17(20(28)25-10-8-24(2)9-11-25)12-15-4-6-16(7-5-15)14-22-19(27)13-21/h4-7,17H,3,8-14,21H2,1-2H3,(H,22,27)(H,23,26)/t17-/m1/s1. The zero-order valence-corrected chi connectivity index (χ0v) is 16.7. The van der Waals surface area contributed by atoms with E-state index in [9.17, 15) is 14.4 Å². The third-order valence-corrected chi connectivity index (χ3v) is 4.91. The molecule has 0 unspecified atom stereocenters. The number of amides is 3. The van der Waals surface area contributed by atoms with Crippen LogP contribution < -0.4 is 16.4 Å². The monoisotopic (exact) mass is 389 g/mol. The largest absolute Gasteiger partial charge is 0.351 e. The van der Waals surface area contributed by atoms with Crippen molar-refractivity contribution in [3.05, 3.63) is 35.4 Å². The quantitative estimate of drug-likeness (QED) is 0.554. The van der Waals surface area contributed by atoms with E-state index < -0.39 is 6.04 Å². The number of piperazine rings is 1. The second kappa shape index (κ2) is 10.8. The Bertz CT molecular complexity index is 669. The average molecular weight is 390 g/mol. The van der Waals surface area contributed by atoms with Gasteiger partial charge < -0.3 is 26.2 Å². The molecule has 28 heavy (non-hydrogen) atoms. The first-order valence-corrected chi connectivity index (χ1v) is 9.74. The number of likely N-dealkylation sites (N-methyl/N-ethyl adjacent to an activating group) is 1. The van der Waals surface area contributed by atoms with Crippen LogP contribution in [0.15, 0.2) is 24.3 Å². The molecule has 154 valence electrons. The molecular weight excluding hydrogens is 358 g/mol. The summed E-state index contributed by atoms with van der Waals surface area (Å²) in [6, 6.07) is 7.09. The van der Waals surface area contributed by atoms with Crippen LogP contribution in [0.1, 0.15) is 24.5 Å². The second-order valence-corrected chi connectivity index (χ2v) is 7.10. The number of nitrogens with two attached hydrogens (primary N) is 1. The second-order valence-electron chi connectivity index (χ2n) is 7.10. The van der Waals surface area contributed by atoms with Crippen LogP contribution in [-0.2, 0) is 27.3 Å². The van der Waals surface area contributed by atoms with Gasteiger partial charge in [-0.25, -0.2) is 0 Å². The lowest BCUT2D eigenvalue weighted by Crippen LogP contribution is -2.54. The van der Waals surface area contributed by atoms with Gasteiger partial charge in [-0.1, -0.05) is 31.2 Å². The highest BCUT2D eigenvalue weighted by Crippen LogP contribution is 2.11. The molecule has 0 aliphatic carbocycles. The third kappa shape index (κ3) is 6.61. The van der Waals surface area contributed by atoms with Gasteiger partial charge in [0.25, 0.3) is 0 Å². The maximum absolute atomic E-state index is 13.0. The average Bonchev–Trinajstić information content (AvgIpc) is 2.72. The summed E-state index contributed by atoms with van der Waals surface area (Å²) in [5, 5.41) is 5.59. The maximum Gasteiger partial charge on any atom is 0.245 e. The highest BCUT2D eigenvalue weighted by atomic mass is 16.2. The van der Waals surface area contributed by atoms with E-state index in [-0.39, 0.29) is 24.3 Å². The predicted octanol–water partition coefficient (Wildman–Crippen LogP) is -0.527. The minimum atomic E-state index is -0.571. The van der Waals surface area contributed by atoms with E-state index in [1.807, 2.05) is 36.2 Å². The maximum atomic E-state index is 13.0. The van der Waals surface area contributed by atoms with Crippen molar-refractivity contribution in [2.24, 2.45) is 5.73 Å². The first-order valence-electron chi connectivity index (χ1n) is 9.74. The van der Waals surface area contributed by atoms with Crippen LogP contribution in [0.3, 0.4) is 0 Å². The summed E-state index contributed by atoms with van der Waals surface area (Å²) >= 11 is 0. The van der Waals surface area contributed by atoms with Crippen molar-refractivity contribution < 1.29 is 14.4 Å². The SMILES string of the molecule is CCC(=O)N[C@H](Cc1ccc(CNC(=O)CN)cc1)C(=O)N1CCN(C)CC1. The lowest BCUT2D eigenvalue weighted by Gasteiger charge is -2.34. The van der Waals surface area contributed by atoms with Gasteiger partial charge in [-0.05, 0) is 18.2 Å². The Labute approximate surface area is 166 Å². The molecule has 1 aliphatic rings. The van der Waals surface area contributed by atoms with E-state index in [2.05, 4.69) is 15.5 Å². The van der Waals surface area contributed by atoms with E-state index in [0.29, 0.717) is 32.5 Å². The molecule has 8 nitrogen and oxygen atoms in total. The highest BCUT2D eigenvalue weighted by molar-refractivity contribution is 5.88. The molecule has 1 atom stereocenters. The molecular formula is C20H31N5O3. The molecule has 2 rings (SSSR count). The fraction of sp³-hybridized carbons (Fsp3) is 0.550. The fourth-order valence-electron chi connectivity index (χ4n) is 3.05. The Balaban J connectivity index is 2.02. The van der Waals surface area contributed by atoms with Gasteiger partial charge in [-0.15, -0.1) is 0 Å². The van der Waals surface area contributed by atoms with Crippen molar-refractivity contribution in [3.8, 4) is 0 Å². The Kier molecular flexibility index (Phi) is 8.41. The van der Waals surface area contributed by atoms with Gasteiger partial charge in [0.15, 0.2) is 0 Å². The number of benzene rings is 1. The van der Waals surface area contributed by atoms with Gasteiger partial charge in [-0.2, -0.15) is 0 Å². The number of carbonyl (C=O) groups is 3. The molecule has 1 fully saturated rings. The van der Waals surface area contributed by atoms with Crippen LogP contribution in [0.4, 0.5) is 0 Å². The molecule has 0 spiro atoms. The van der Waals surface area contributed by atoms with Gasteiger partial charge in [0.1, 0.15) is 6.04 Å². The van der Waals surface area contributed by atoms with Crippen LogP contribution >= 0.6 is 0 Å². The van der Waals surface area contributed by atoms with E-state index in [0.717, 1.165) is 24.2 Å². The summed E-state index contributed by atoms with van der Waals surface area (Å²) in [6.07, 6.45) is 0.776. The topological polar surface area (TPSA) is 108 Å². The summed E-state index contributed by atoms with van der Waals surface area (Å²) in [5.41, 5.74) is 7.18. The van der Waals surface area contributed by atoms with Crippen molar-refractivity contribution in [2.45, 2.75) is 32.4 Å². The normalized spacial score (nSPS) is 15.8. The molecule has 3 amide bonds. The van der Waals surface area contributed by atoms with E-state index in [4.69, 9.17) is 5.73 Å². The fourth-order valence-corrected chi connectivity index (χ4v) is 3.05. The first kappa shape index (κ1) is 21.8.